The Labute approximate surface area is 145 Å². The Hall–Kier alpha value is -2.71. The minimum absolute atomic E-state index is 0.00522. The molecule has 0 amide bonds. The molecular weight excluding hydrogens is 342 g/mol. The number of nitrogens with zero attached hydrogens (tertiary/aromatic N) is 2. The number of aromatic amines is 1. The lowest BCUT2D eigenvalue weighted by atomic mass is 10.2. The van der Waals surface area contributed by atoms with Crippen molar-refractivity contribution in [2.75, 3.05) is 14.1 Å². The number of hydrogen-bond acceptors (Lipinski definition) is 5. The highest BCUT2D eigenvalue weighted by atomic mass is 32.2. The van der Waals surface area contributed by atoms with Crippen LogP contribution in [0.25, 0.3) is 11.0 Å². The van der Waals surface area contributed by atoms with E-state index in [-0.39, 0.29) is 17.1 Å². The second-order valence-corrected chi connectivity index (χ2v) is 7.74. The summed E-state index contributed by atoms with van der Waals surface area (Å²) in [6.07, 6.45) is 0. The summed E-state index contributed by atoms with van der Waals surface area (Å²) in [7, 11) is -0.625. The van der Waals surface area contributed by atoms with Gasteiger partial charge in [-0.05, 0) is 36.4 Å². The molecular formula is C17H17N3O4S. The number of fused-ring (bicyclic) bond motifs is 1. The molecule has 1 N–H and O–H groups in total. The molecule has 0 saturated heterocycles. The second kappa shape index (κ2) is 6.66. The first-order valence-corrected chi connectivity index (χ1v) is 8.95. The van der Waals surface area contributed by atoms with Crippen molar-refractivity contribution in [3.05, 3.63) is 59.9 Å². The van der Waals surface area contributed by atoms with Gasteiger partial charge in [0, 0.05) is 14.1 Å². The average Bonchev–Trinajstić information content (AvgIpc) is 3.02. The maximum atomic E-state index is 12.1. The molecule has 3 aromatic rings. The van der Waals surface area contributed by atoms with Gasteiger partial charge in [-0.25, -0.2) is 22.5 Å². The minimum atomic E-state index is -3.52. The summed E-state index contributed by atoms with van der Waals surface area (Å²) >= 11 is 0. The third-order valence-corrected chi connectivity index (χ3v) is 5.48. The number of carbonyl (C=O) groups excluding carboxylic acids is 1. The van der Waals surface area contributed by atoms with Crippen molar-refractivity contribution < 1.29 is 17.9 Å². The van der Waals surface area contributed by atoms with E-state index in [0.29, 0.717) is 5.82 Å². The standard InChI is InChI=1S/C17H17N3O4S/c1-20(2)25(22,23)13-9-7-12(8-10-13)17(21)24-11-16-18-14-5-3-4-6-15(14)19-16/h3-10H,11H2,1-2H3,(H,18,19). The Morgan fingerprint density at radius 3 is 2.44 bits per heavy atom. The highest BCUT2D eigenvalue weighted by molar-refractivity contribution is 7.89. The van der Waals surface area contributed by atoms with Gasteiger partial charge in [-0.2, -0.15) is 0 Å². The quantitative estimate of drug-likeness (QED) is 0.705. The van der Waals surface area contributed by atoms with Crippen LogP contribution in [0.15, 0.2) is 53.4 Å². The van der Waals surface area contributed by atoms with Crippen LogP contribution in [0, 0.1) is 0 Å². The first kappa shape index (κ1) is 17.1. The van der Waals surface area contributed by atoms with E-state index in [4.69, 9.17) is 4.74 Å². The van der Waals surface area contributed by atoms with Crippen LogP contribution in [0.4, 0.5) is 0 Å². The smallest absolute Gasteiger partial charge is 0.338 e. The van der Waals surface area contributed by atoms with Gasteiger partial charge in [0.2, 0.25) is 10.0 Å². The zero-order chi connectivity index (χ0) is 18.0. The van der Waals surface area contributed by atoms with Crippen molar-refractivity contribution in [1.82, 2.24) is 14.3 Å². The minimum Gasteiger partial charge on any atom is -0.454 e. The number of nitrogens with one attached hydrogen (secondary N) is 1. The second-order valence-electron chi connectivity index (χ2n) is 5.59. The number of imidazole rings is 1. The molecule has 1 heterocycles. The third kappa shape index (κ3) is 3.54. The fourth-order valence-electron chi connectivity index (χ4n) is 2.27. The Morgan fingerprint density at radius 2 is 1.80 bits per heavy atom. The van der Waals surface area contributed by atoms with Crippen LogP contribution in [0.1, 0.15) is 16.2 Å². The van der Waals surface area contributed by atoms with Crippen LogP contribution in [0.3, 0.4) is 0 Å². The van der Waals surface area contributed by atoms with Crippen molar-refractivity contribution in [1.29, 1.82) is 0 Å². The van der Waals surface area contributed by atoms with Crippen molar-refractivity contribution >= 4 is 27.0 Å². The molecule has 0 radical (unpaired) electrons. The number of H-pyrrole nitrogens is 1. The Balaban J connectivity index is 1.69. The molecule has 0 bridgehead atoms. The normalized spacial score (nSPS) is 11.8. The highest BCUT2D eigenvalue weighted by Gasteiger charge is 2.18. The lowest BCUT2D eigenvalue weighted by Crippen LogP contribution is -2.22. The molecule has 1 aromatic heterocycles. The summed E-state index contributed by atoms with van der Waals surface area (Å²) in [5.41, 5.74) is 1.94. The van der Waals surface area contributed by atoms with Gasteiger partial charge in [0.25, 0.3) is 0 Å². The van der Waals surface area contributed by atoms with Crippen molar-refractivity contribution in [2.24, 2.45) is 0 Å². The predicted octanol–water partition coefficient (Wildman–Crippen LogP) is 2.17. The van der Waals surface area contributed by atoms with E-state index in [0.717, 1.165) is 15.3 Å². The van der Waals surface area contributed by atoms with Crippen molar-refractivity contribution in [3.63, 3.8) is 0 Å². The monoisotopic (exact) mass is 359 g/mol. The van der Waals surface area contributed by atoms with E-state index < -0.39 is 16.0 Å². The van der Waals surface area contributed by atoms with Crippen molar-refractivity contribution in [3.8, 4) is 0 Å². The molecule has 0 aliphatic rings. The van der Waals surface area contributed by atoms with E-state index in [1.807, 2.05) is 24.3 Å². The lowest BCUT2D eigenvalue weighted by molar-refractivity contribution is 0.0463. The number of carbonyl (C=O) groups is 1. The van der Waals surface area contributed by atoms with Crippen LogP contribution >= 0.6 is 0 Å². The Bertz CT molecular complexity index is 975. The predicted molar refractivity (Wildman–Crippen MR) is 92.5 cm³/mol. The highest BCUT2D eigenvalue weighted by Crippen LogP contribution is 2.15. The van der Waals surface area contributed by atoms with Crippen LogP contribution in [-0.4, -0.2) is 42.8 Å². The molecule has 130 valence electrons. The number of ether oxygens (including phenoxy) is 1. The topological polar surface area (TPSA) is 92.4 Å². The maximum absolute atomic E-state index is 12.1. The number of esters is 1. The van der Waals surface area contributed by atoms with E-state index in [1.54, 1.807) is 0 Å². The van der Waals surface area contributed by atoms with Crippen LogP contribution in [0.2, 0.25) is 0 Å². The first-order chi connectivity index (χ1) is 11.9. The average molecular weight is 359 g/mol. The van der Waals surface area contributed by atoms with Gasteiger partial charge in [-0.3, -0.25) is 0 Å². The molecule has 2 aromatic carbocycles. The maximum Gasteiger partial charge on any atom is 0.338 e. The summed E-state index contributed by atoms with van der Waals surface area (Å²) in [5, 5.41) is 0. The number of sulfonamides is 1. The number of benzene rings is 2. The largest absolute Gasteiger partial charge is 0.454 e. The molecule has 25 heavy (non-hydrogen) atoms. The van der Waals surface area contributed by atoms with Crippen LogP contribution in [0.5, 0.6) is 0 Å². The lowest BCUT2D eigenvalue weighted by Gasteiger charge is -2.11. The van der Waals surface area contributed by atoms with Gasteiger partial charge in [-0.15, -0.1) is 0 Å². The fourth-order valence-corrected chi connectivity index (χ4v) is 3.17. The van der Waals surface area contributed by atoms with Gasteiger partial charge < -0.3 is 9.72 Å². The van der Waals surface area contributed by atoms with Gasteiger partial charge in [0.15, 0.2) is 0 Å². The molecule has 8 heteroatoms. The summed E-state index contributed by atoms with van der Waals surface area (Å²) in [6, 6.07) is 13.1. The molecule has 0 saturated carbocycles. The number of rotatable bonds is 5. The van der Waals surface area contributed by atoms with Crippen LogP contribution < -0.4 is 0 Å². The number of hydrogen-bond donors (Lipinski definition) is 1. The van der Waals surface area contributed by atoms with E-state index in [2.05, 4.69) is 9.97 Å². The molecule has 7 nitrogen and oxygen atoms in total. The van der Waals surface area contributed by atoms with E-state index >= 15 is 0 Å². The Morgan fingerprint density at radius 1 is 1.12 bits per heavy atom. The fraction of sp³-hybridized carbons (Fsp3) is 0.176. The van der Waals surface area contributed by atoms with E-state index in [1.165, 1.54) is 38.4 Å². The summed E-state index contributed by atoms with van der Waals surface area (Å²) in [6.45, 7) is 0.00522. The molecule has 0 spiro atoms. The van der Waals surface area contributed by atoms with Crippen LogP contribution in [-0.2, 0) is 21.4 Å². The van der Waals surface area contributed by atoms with Gasteiger partial charge in [0.1, 0.15) is 12.4 Å². The molecule has 0 unspecified atom stereocenters. The molecule has 0 fully saturated rings. The van der Waals surface area contributed by atoms with E-state index in [9.17, 15) is 13.2 Å². The van der Waals surface area contributed by atoms with Gasteiger partial charge in [-0.1, -0.05) is 12.1 Å². The van der Waals surface area contributed by atoms with Gasteiger partial charge >= 0.3 is 5.97 Å². The first-order valence-electron chi connectivity index (χ1n) is 7.51. The summed E-state index contributed by atoms with van der Waals surface area (Å²) < 4.78 is 30.3. The zero-order valence-corrected chi connectivity index (χ0v) is 14.6. The summed E-state index contributed by atoms with van der Waals surface area (Å²) in [4.78, 5) is 19.6. The summed E-state index contributed by atoms with van der Waals surface area (Å²) in [5.74, 6) is -0.00406. The SMILES string of the molecule is CN(C)S(=O)(=O)c1ccc(C(=O)OCc2nc3ccccc3[nH]2)cc1. The zero-order valence-electron chi connectivity index (χ0n) is 13.8. The van der Waals surface area contributed by atoms with Crippen molar-refractivity contribution in [2.45, 2.75) is 11.5 Å². The molecule has 0 aliphatic heterocycles. The molecule has 0 atom stereocenters. The third-order valence-electron chi connectivity index (χ3n) is 3.65. The Kier molecular flexibility index (Phi) is 4.56. The number of aromatic nitrogens is 2. The molecule has 0 aliphatic carbocycles. The molecule has 3 rings (SSSR count). The number of para-hydroxylation sites is 2. The van der Waals surface area contributed by atoms with Gasteiger partial charge in [0.05, 0.1) is 21.5 Å².